The van der Waals surface area contributed by atoms with Crippen LogP contribution >= 0.6 is 11.3 Å². The van der Waals surface area contributed by atoms with Crippen molar-refractivity contribution in [1.82, 2.24) is 20.4 Å². The Kier molecular flexibility index (Phi) is 2.67. The van der Waals surface area contributed by atoms with Gasteiger partial charge in [0.15, 0.2) is 0 Å². The van der Waals surface area contributed by atoms with Crippen LogP contribution in [-0.2, 0) is 0 Å². The molecule has 6 heteroatoms. The lowest BCUT2D eigenvalue weighted by molar-refractivity contribution is 0.320. The second kappa shape index (κ2) is 4.31. The van der Waals surface area contributed by atoms with E-state index in [1.54, 1.807) is 5.51 Å². The standard InChI is InChI=1S/C10H12N4OS/c1-3-11-4-2-7(1)10-13-9(14-15-10)8-5-16-6-12-8/h5-7,11H,1-4H2. The van der Waals surface area contributed by atoms with Crippen molar-refractivity contribution in [1.29, 1.82) is 0 Å². The lowest BCUT2D eigenvalue weighted by Crippen LogP contribution is -2.26. The Labute approximate surface area is 96.9 Å². The predicted octanol–water partition coefficient (Wildman–Crippen LogP) is 1.66. The summed E-state index contributed by atoms with van der Waals surface area (Å²) in [5.74, 6) is 1.76. The molecule has 0 saturated carbocycles. The van der Waals surface area contributed by atoms with Crippen molar-refractivity contribution in [2.24, 2.45) is 0 Å². The van der Waals surface area contributed by atoms with Crippen LogP contribution in [0.25, 0.3) is 11.5 Å². The zero-order valence-electron chi connectivity index (χ0n) is 8.72. The van der Waals surface area contributed by atoms with Gasteiger partial charge in [0.25, 0.3) is 0 Å². The van der Waals surface area contributed by atoms with Crippen LogP contribution < -0.4 is 5.32 Å². The molecule has 0 aromatic carbocycles. The summed E-state index contributed by atoms with van der Waals surface area (Å²) in [5.41, 5.74) is 2.57. The maximum atomic E-state index is 5.30. The molecule has 0 amide bonds. The van der Waals surface area contributed by atoms with Gasteiger partial charge in [0, 0.05) is 11.3 Å². The van der Waals surface area contributed by atoms with Gasteiger partial charge in [-0.2, -0.15) is 4.98 Å². The number of hydrogen-bond acceptors (Lipinski definition) is 6. The van der Waals surface area contributed by atoms with Crippen LogP contribution in [0.5, 0.6) is 0 Å². The SMILES string of the molecule is c1nc(-c2noc(C3CCNCC3)n2)cs1. The minimum absolute atomic E-state index is 0.404. The average molecular weight is 236 g/mol. The normalized spacial score (nSPS) is 17.8. The first-order chi connectivity index (χ1) is 7.93. The molecular weight excluding hydrogens is 224 g/mol. The highest BCUT2D eigenvalue weighted by atomic mass is 32.1. The predicted molar refractivity (Wildman–Crippen MR) is 60.3 cm³/mol. The third-order valence-electron chi connectivity index (χ3n) is 2.79. The third kappa shape index (κ3) is 1.85. The summed E-state index contributed by atoms with van der Waals surface area (Å²) >= 11 is 1.54. The number of nitrogens with zero attached hydrogens (tertiary/aromatic N) is 3. The van der Waals surface area contributed by atoms with E-state index < -0.39 is 0 Å². The quantitative estimate of drug-likeness (QED) is 0.859. The lowest BCUT2D eigenvalue weighted by Gasteiger charge is -2.18. The molecule has 1 aliphatic heterocycles. The number of aromatic nitrogens is 3. The number of piperidine rings is 1. The summed E-state index contributed by atoms with van der Waals surface area (Å²) in [6.45, 7) is 2.05. The van der Waals surface area contributed by atoms with Crippen LogP contribution in [0.1, 0.15) is 24.7 Å². The summed E-state index contributed by atoms with van der Waals surface area (Å²) < 4.78 is 5.30. The van der Waals surface area contributed by atoms with Crippen molar-refractivity contribution in [3.8, 4) is 11.5 Å². The topological polar surface area (TPSA) is 63.8 Å². The molecule has 1 N–H and O–H groups in total. The van der Waals surface area contributed by atoms with Gasteiger partial charge in [0.1, 0.15) is 5.69 Å². The van der Waals surface area contributed by atoms with Crippen molar-refractivity contribution in [2.75, 3.05) is 13.1 Å². The maximum absolute atomic E-state index is 5.30. The van der Waals surface area contributed by atoms with Crippen molar-refractivity contribution < 1.29 is 4.52 Å². The van der Waals surface area contributed by atoms with Crippen LogP contribution in [0, 0.1) is 0 Å². The highest BCUT2D eigenvalue weighted by Gasteiger charge is 2.21. The first kappa shape index (κ1) is 9.92. The molecule has 0 unspecified atom stereocenters. The van der Waals surface area contributed by atoms with Gasteiger partial charge in [-0.05, 0) is 25.9 Å². The fraction of sp³-hybridized carbons (Fsp3) is 0.500. The van der Waals surface area contributed by atoms with E-state index in [4.69, 9.17) is 4.52 Å². The number of thiazole rings is 1. The molecule has 2 aromatic rings. The first-order valence-corrected chi connectivity index (χ1v) is 6.30. The fourth-order valence-electron chi connectivity index (χ4n) is 1.90. The molecule has 3 heterocycles. The summed E-state index contributed by atoms with van der Waals surface area (Å²) in [4.78, 5) is 8.58. The highest BCUT2D eigenvalue weighted by molar-refractivity contribution is 7.07. The summed E-state index contributed by atoms with van der Waals surface area (Å²) in [5, 5.41) is 9.22. The Morgan fingerprint density at radius 1 is 1.38 bits per heavy atom. The summed E-state index contributed by atoms with van der Waals surface area (Å²) in [6.07, 6.45) is 2.14. The Hall–Kier alpha value is -1.27. The molecule has 1 aliphatic rings. The van der Waals surface area contributed by atoms with E-state index in [9.17, 15) is 0 Å². The van der Waals surface area contributed by atoms with Crippen molar-refractivity contribution >= 4 is 11.3 Å². The van der Waals surface area contributed by atoms with Gasteiger partial charge < -0.3 is 9.84 Å². The molecule has 1 saturated heterocycles. The van der Waals surface area contributed by atoms with Gasteiger partial charge in [-0.25, -0.2) is 4.98 Å². The van der Waals surface area contributed by atoms with E-state index in [1.807, 2.05) is 5.38 Å². The van der Waals surface area contributed by atoms with E-state index in [0.717, 1.165) is 37.5 Å². The molecule has 0 spiro atoms. The third-order valence-corrected chi connectivity index (χ3v) is 3.38. The van der Waals surface area contributed by atoms with Crippen molar-refractivity contribution in [3.05, 3.63) is 16.8 Å². The van der Waals surface area contributed by atoms with Crippen LogP contribution in [0.15, 0.2) is 15.4 Å². The molecule has 0 atom stereocenters. The van der Waals surface area contributed by atoms with E-state index in [2.05, 4.69) is 20.4 Å². The molecule has 2 aromatic heterocycles. The Morgan fingerprint density at radius 2 is 2.25 bits per heavy atom. The Morgan fingerprint density at radius 3 is 3.00 bits per heavy atom. The minimum atomic E-state index is 0.404. The van der Waals surface area contributed by atoms with E-state index in [0.29, 0.717) is 11.7 Å². The van der Waals surface area contributed by atoms with Gasteiger partial charge in [0.2, 0.25) is 11.7 Å². The van der Waals surface area contributed by atoms with Crippen LogP contribution in [-0.4, -0.2) is 28.2 Å². The molecule has 0 aliphatic carbocycles. The summed E-state index contributed by atoms with van der Waals surface area (Å²) in [7, 11) is 0. The zero-order valence-corrected chi connectivity index (χ0v) is 9.54. The second-order valence-corrected chi connectivity index (χ2v) is 4.57. The van der Waals surface area contributed by atoms with Gasteiger partial charge in [-0.1, -0.05) is 5.16 Å². The molecule has 16 heavy (non-hydrogen) atoms. The second-order valence-electron chi connectivity index (χ2n) is 3.85. The van der Waals surface area contributed by atoms with E-state index >= 15 is 0 Å². The molecule has 5 nitrogen and oxygen atoms in total. The molecule has 1 fully saturated rings. The monoisotopic (exact) mass is 236 g/mol. The molecule has 0 radical (unpaired) electrons. The smallest absolute Gasteiger partial charge is 0.230 e. The average Bonchev–Trinajstić information content (AvgIpc) is 3.01. The molecular formula is C10H12N4OS. The fourth-order valence-corrected chi connectivity index (χ4v) is 2.43. The van der Waals surface area contributed by atoms with E-state index in [1.165, 1.54) is 11.3 Å². The number of rotatable bonds is 2. The largest absolute Gasteiger partial charge is 0.339 e. The molecule has 3 rings (SSSR count). The van der Waals surface area contributed by atoms with Crippen molar-refractivity contribution in [3.63, 3.8) is 0 Å². The number of nitrogens with one attached hydrogen (secondary N) is 1. The van der Waals surface area contributed by atoms with Gasteiger partial charge >= 0.3 is 0 Å². The van der Waals surface area contributed by atoms with Gasteiger partial charge in [0.05, 0.1) is 5.51 Å². The van der Waals surface area contributed by atoms with Crippen LogP contribution in [0.4, 0.5) is 0 Å². The maximum Gasteiger partial charge on any atom is 0.230 e. The van der Waals surface area contributed by atoms with Crippen LogP contribution in [0.3, 0.4) is 0 Å². The Bertz CT molecular complexity index is 447. The van der Waals surface area contributed by atoms with Crippen molar-refractivity contribution in [2.45, 2.75) is 18.8 Å². The number of hydrogen-bond donors (Lipinski definition) is 1. The highest BCUT2D eigenvalue weighted by Crippen LogP contribution is 2.25. The Balaban J connectivity index is 1.82. The minimum Gasteiger partial charge on any atom is -0.339 e. The zero-order chi connectivity index (χ0) is 10.8. The lowest BCUT2D eigenvalue weighted by atomic mass is 9.98. The summed E-state index contributed by atoms with van der Waals surface area (Å²) in [6, 6.07) is 0. The molecule has 0 bridgehead atoms. The van der Waals surface area contributed by atoms with E-state index in [-0.39, 0.29) is 0 Å². The first-order valence-electron chi connectivity index (χ1n) is 5.36. The van der Waals surface area contributed by atoms with Gasteiger partial charge in [-0.3, -0.25) is 0 Å². The van der Waals surface area contributed by atoms with Crippen LogP contribution in [0.2, 0.25) is 0 Å². The van der Waals surface area contributed by atoms with Gasteiger partial charge in [-0.15, -0.1) is 11.3 Å². The molecule has 84 valence electrons.